The summed E-state index contributed by atoms with van der Waals surface area (Å²) in [5.74, 6) is -0.0600. The summed E-state index contributed by atoms with van der Waals surface area (Å²) in [6, 6.07) is 27.0. The number of halogens is 1. The highest BCUT2D eigenvalue weighted by molar-refractivity contribution is 6.30. The van der Waals surface area contributed by atoms with Gasteiger partial charge in [-0.1, -0.05) is 78.3 Å². The SMILES string of the molecule is CN(C(=O)c1cccc(Cl)c1)C(c1ccccc1)c1ccccc1. The summed E-state index contributed by atoms with van der Waals surface area (Å²) < 4.78 is 0. The first-order chi connectivity index (χ1) is 11.7. The number of carbonyl (C=O) groups excluding carboxylic acids is 1. The first-order valence-corrected chi connectivity index (χ1v) is 8.17. The van der Waals surface area contributed by atoms with Crippen LogP contribution in [-0.4, -0.2) is 17.9 Å². The van der Waals surface area contributed by atoms with Gasteiger partial charge in [-0.05, 0) is 29.3 Å². The van der Waals surface area contributed by atoms with Crippen LogP contribution in [0.15, 0.2) is 84.9 Å². The van der Waals surface area contributed by atoms with E-state index >= 15 is 0 Å². The number of benzene rings is 3. The first-order valence-electron chi connectivity index (χ1n) is 7.79. The smallest absolute Gasteiger partial charge is 0.254 e. The van der Waals surface area contributed by atoms with Gasteiger partial charge in [0, 0.05) is 17.6 Å². The number of rotatable bonds is 4. The van der Waals surface area contributed by atoms with Crippen LogP contribution >= 0.6 is 11.6 Å². The van der Waals surface area contributed by atoms with E-state index in [4.69, 9.17) is 11.6 Å². The fourth-order valence-electron chi connectivity index (χ4n) is 2.85. The van der Waals surface area contributed by atoms with Crippen LogP contribution in [-0.2, 0) is 0 Å². The minimum absolute atomic E-state index is 0.0600. The van der Waals surface area contributed by atoms with Gasteiger partial charge < -0.3 is 4.90 Å². The van der Waals surface area contributed by atoms with Crippen LogP contribution in [0.1, 0.15) is 27.5 Å². The molecule has 0 spiro atoms. The zero-order valence-electron chi connectivity index (χ0n) is 13.4. The first kappa shape index (κ1) is 16.3. The number of nitrogens with zero attached hydrogens (tertiary/aromatic N) is 1. The topological polar surface area (TPSA) is 20.3 Å². The Morgan fingerprint density at radius 3 is 1.88 bits per heavy atom. The molecule has 2 nitrogen and oxygen atoms in total. The molecule has 0 N–H and O–H groups in total. The standard InChI is InChI=1S/C21H18ClNO/c1-23(21(24)18-13-8-14-19(22)15-18)20(16-9-4-2-5-10-16)17-11-6-3-7-12-17/h2-15,20H,1H3. The van der Waals surface area contributed by atoms with Crippen molar-refractivity contribution in [2.24, 2.45) is 0 Å². The Bertz CT molecular complexity index is 778. The monoisotopic (exact) mass is 335 g/mol. The average molecular weight is 336 g/mol. The third kappa shape index (κ3) is 3.50. The van der Waals surface area contributed by atoms with E-state index in [2.05, 4.69) is 0 Å². The van der Waals surface area contributed by atoms with Crippen molar-refractivity contribution in [3.8, 4) is 0 Å². The Morgan fingerprint density at radius 1 is 0.833 bits per heavy atom. The van der Waals surface area contributed by atoms with Crippen molar-refractivity contribution in [2.45, 2.75) is 6.04 Å². The molecule has 120 valence electrons. The Labute approximate surface area is 147 Å². The minimum Gasteiger partial charge on any atom is -0.331 e. The molecule has 0 unspecified atom stereocenters. The number of hydrogen-bond acceptors (Lipinski definition) is 1. The van der Waals surface area contributed by atoms with E-state index < -0.39 is 0 Å². The summed E-state index contributed by atoms with van der Waals surface area (Å²) in [6.45, 7) is 0. The predicted molar refractivity (Wildman–Crippen MR) is 98.3 cm³/mol. The van der Waals surface area contributed by atoms with Gasteiger partial charge in [-0.25, -0.2) is 0 Å². The van der Waals surface area contributed by atoms with E-state index in [1.807, 2.05) is 67.7 Å². The van der Waals surface area contributed by atoms with Gasteiger partial charge in [0.1, 0.15) is 0 Å². The molecule has 0 fully saturated rings. The lowest BCUT2D eigenvalue weighted by Crippen LogP contribution is -2.32. The Kier molecular flexibility index (Phi) is 4.97. The molecule has 0 aliphatic carbocycles. The third-order valence-corrected chi connectivity index (χ3v) is 4.24. The van der Waals surface area contributed by atoms with E-state index in [1.54, 1.807) is 29.2 Å². The molecule has 3 rings (SSSR count). The highest BCUT2D eigenvalue weighted by Gasteiger charge is 2.24. The fraction of sp³-hybridized carbons (Fsp3) is 0.0952. The van der Waals surface area contributed by atoms with Gasteiger partial charge in [0.15, 0.2) is 0 Å². The molecule has 0 aromatic heterocycles. The second-order valence-electron chi connectivity index (χ2n) is 5.65. The maximum absolute atomic E-state index is 13.0. The van der Waals surface area contributed by atoms with E-state index in [0.29, 0.717) is 10.6 Å². The van der Waals surface area contributed by atoms with Gasteiger partial charge >= 0.3 is 0 Å². The van der Waals surface area contributed by atoms with Crippen LogP contribution in [0.3, 0.4) is 0 Å². The molecule has 3 aromatic rings. The molecule has 0 aliphatic heterocycles. The molecule has 0 aliphatic rings. The molecule has 24 heavy (non-hydrogen) atoms. The molecule has 0 radical (unpaired) electrons. The molecular formula is C21H18ClNO. The van der Waals surface area contributed by atoms with Crippen molar-refractivity contribution in [1.29, 1.82) is 0 Å². The quantitative estimate of drug-likeness (QED) is 0.641. The van der Waals surface area contributed by atoms with Crippen molar-refractivity contribution in [3.63, 3.8) is 0 Å². The fourth-order valence-corrected chi connectivity index (χ4v) is 3.04. The maximum Gasteiger partial charge on any atom is 0.254 e. The van der Waals surface area contributed by atoms with Gasteiger partial charge in [0.2, 0.25) is 0 Å². The second-order valence-corrected chi connectivity index (χ2v) is 6.09. The van der Waals surface area contributed by atoms with Crippen LogP contribution < -0.4 is 0 Å². The van der Waals surface area contributed by atoms with E-state index in [0.717, 1.165) is 11.1 Å². The lowest BCUT2D eigenvalue weighted by molar-refractivity contribution is 0.0755. The maximum atomic E-state index is 13.0. The summed E-state index contributed by atoms with van der Waals surface area (Å²) in [7, 11) is 1.83. The van der Waals surface area contributed by atoms with Gasteiger partial charge in [0.05, 0.1) is 6.04 Å². The summed E-state index contributed by atoms with van der Waals surface area (Å²) in [5.41, 5.74) is 2.73. The molecule has 0 saturated heterocycles. The van der Waals surface area contributed by atoms with E-state index in [1.165, 1.54) is 0 Å². The Hall–Kier alpha value is -2.58. The lowest BCUT2D eigenvalue weighted by Gasteiger charge is -2.29. The molecule has 0 heterocycles. The van der Waals surface area contributed by atoms with Crippen LogP contribution in [0.4, 0.5) is 0 Å². The minimum atomic E-state index is -0.154. The normalized spacial score (nSPS) is 10.6. The highest BCUT2D eigenvalue weighted by Crippen LogP contribution is 2.29. The highest BCUT2D eigenvalue weighted by atomic mass is 35.5. The number of carbonyl (C=O) groups is 1. The Balaban J connectivity index is 2.01. The molecule has 3 heteroatoms. The van der Waals surface area contributed by atoms with Gasteiger partial charge in [-0.2, -0.15) is 0 Å². The molecule has 3 aromatic carbocycles. The average Bonchev–Trinajstić information content (AvgIpc) is 2.63. The van der Waals surface area contributed by atoms with Gasteiger partial charge in [-0.3, -0.25) is 4.79 Å². The zero-order valence-corrected chi connectivity index (χ0v) is 14.1. The van der Waals surface area contributed by atoms with Crippen molar-refractivity contribution in [3.05, 3.63) is 107 Å². The van der Waals surface area contributed by atoms with Gasteiger partial charge in [0.25, 0.3) is 5.91 Å². The summed E-state index contributed by atoms with van der Waals surface area (Å²) >= 11 is 6.04. The van der Waals surface area contributed by atoms with Crippen LogP contribution in [0, 0.1) is 0 Å². The summed E-state index contributed by atoms with van der Waals surface area (Å²) in [6.07, 6.45) is 0. The van der Waals surface area contributed by atoms with Crippen LogP contribution in [0.5, 0.6) is 0 Å². The van der Waals surface area contributed by atoms with Crippen molar-refractivity contribution >= 4 is 17.5 Å². The van der Waals surface area contributed by atoms with Crippen molar-refractivity contribution < 1.29 is 4.79 Å². The Morgan fingerprint density at radius 2 is 1.38 bits per heavy atom. The number of amides is 1. The zero-order chi connectivity index (χ0) is 16.9. The second kappa shape index (κ2) is 7.33. The molecule has 0 saturated carbocycles. The third-order valence-electron chi connectivity index (χ3n) is 4.01. The van der Waals surface area contributed by atoms with Crippen molar-refractivity contribution in [1.82, 2.24) is 4.90 Å². The largest absolute Gasteiger partial charge is 0.331 e. The number of hydrogen-bond donors (Lipinski definition) is 0. The summed E-state index contributed by atoms with van der Waals surface area (Å²) in [5, 5.41) is 0.560. The van der Waals surface area contributed by atoms with Crippen LogP contribution in [0.2, 0.25) is 5.02 Å². The molecular weight excluding hydrogens is 318 g/mol. The molecule has 0 bridgehead atoms. The van der Waals surface area contributed by atoms with E-state index in [9.17, 15) is 4.79 Å². The van der Waals surface area contributed by atoms with Crippen molar-refractivity contribution in [2.75, 3.05) is 7.05 Å². The molecule has 1 amide bonds. The van der Waals surface area contributed by atoms with E-state index in [-0.39, 0.29) is 11.9 Å². The molecule has 0 atom stereocenters. The lowest BCUT2D eigenvalue weighted by atomic mass is 9.97. The van der Waals surface area contributed by atoms with Gasteiger partial charge in [-0.15, -0.1) is 0 Å². The summed E-state index contributed by atoms with van der Waals surface area (Å²) in [4.78, 5) is 14.7. The predicted octanol–water partition coefficient (Wildman–Crippen LogP) is 5.20. The van der Waals surface area contributed by atoms with Crippen LogP contribution in [0.25, 0.3) is 0 Å².